The van der Waals surface area contributed by atoms with Gasteiger partial charge in [0.1, 0.15) is 10.6 Å². The van der Waals surface area contributed by atoms with Gasteiger partial charge < -0.3 is 21.1 Å². The second-order valence-electron chi connectivity index (χ2n) is 8.91. The number of hydrogen-bond donors (Lipinski definition) is 3. The van der Waals surface area contributed by atoms with Crippen molar-refractivity contribution in [2.45, 2.75) is 35.7 Å². The lowest BCUT2D eigenvalue weighted by molar-refractivity contribution is 0.0729. The van der Waals surface area contributed by atoms with E-state index in [2.05, 4.69) is 20.7 Å². The third-order valence-corrected chi connectivity index (χ3v) is 9.44. The number of nitrogens with zero attached hydrogens (tertiary/aromatic N) is 4. The van der Waals surface area contributed by atoms with Crippen LogP contribution in [0.25, 0.3) is 11.4 Å². The van der Waals surface area contributed by atoms with Gasteiger partial charge in [0.05, 0.1) is 22.8 Å². The zero-order valence-corrected chi connectivity index (χ0v) is 20.1. The number of carbonyl (C=O) groups is 1. The van der Waals surface area contributed by atoms with Crippen molar-refractivity contribution in [3.05, 3.63) is 48.4 Å². The lowest BCUT2D eigenvalue weighted by Gasteiger charge is -2.36. The Morgan fingerprint density at radius 1 is 1.11 bits per heavy atom. The molecular weight excluding hydrogens is 470 g/mol. The molecule has 1 saturated heterocycles. The lowest BCUT2D eigenvalue weighted by Crippen LogP contribution is -2.44. The number of anilines is 3. The molecule has 2 amide bonds. The number of rotatable bonds is 6. The number of benzene rings is 1. The Morgan fingerprint density at radius 2 is 1.80 bits per heavy atom. The molecule has 3 aromatic rings. The van der Waals surface area contributed by atoms with Gasteiger partial charge in [0.15, 0.2) is 15.7 Å². The summed E-state index contributed by atoms with van der Waals surface area (Å²) < 4.78 is 33.0. The first-order valence-corrected chi connectivity index (χ1v) is 12.9. The van der Waals surface area contributed by atoms with Crippen molar-refractivity contribution < 1.29 is 17.9 Å². The second kappa shape index (κ2) is 8.93. The highest BCUT2D eigenvalue weighted by molar-refractivity contribution is 7.93. The molecule has 5 rings (SSSR count). The summed E-state index contributed by atoms with van der Waals surface area (Å²) in [6.07, 6.45) is 5.29. The Balaban J connectivity index is 1.40. The number of urea groups is 1. The van der Waals surface area contributed by atoms with Gasteiger partial charge in [-0.1, -0.05) is 0 Å². The van der Waals surface area contributed by atoms with E-state index in [4.69, 9.17) is 15.5 Å². The molecule has 1 aliphatic carbocycles. The number of ether oxygens (including phenoxy) is 1. The largest absolute Gasteiger partial charge is 0.384 e. The first-order valence-electron chi connectivity index (χ1n) is 11.4. The standard InChI is InChI=1S/C23H27N7O4S/c1-30-14-17(13-25-30)27-22(31)26-16-4-2-15(3-5-16)21-28-19(12-20(24)29-21)23(8-10-34-11-9-23)35(32,33)18-6-7-18/h2-5,12-14,18H,6-11H2,1H3,(H2,24,28,29)(H2,26,27,31). The van der Waals surface area contributed by atoms with Crippen molar-refractivity contribution in [3.63, 3.8) is 0 Å². The van der Waals surface area contributed by atoms with Crippen molar-refractivity contribution in [2.75, 3.05) is 29.6 Å². The monoisotopic (exact) mass is 497 g/mol. The van der Waals surface area contributed by atoms with Crippen molar-refractivity contribution in [1.82, 2.24) is 19.7 Å². The molecule has 0 radical (unpaired) electrons. The van der Waals surface area contributed by atoms with Crippen LogP contribution in [-0.2, 0) is 26.4 Å². The number of aryl methyl sites for hydroxylation is 1. The van der Waals surface area contributed by atoms with Gasteiger partial charge in [0, 0.05) is 43.8 Å². The van der Waals surface area contributed by atoms with Crippen LogP contribution in [0.2, 0.25) is 0 Å². The Hall–Kier alpha value is -3.51. The van der Waals surface area contributed by atoms with E-state index in [0.717, 1.165) is 0 Å². The SMILES string of the molecule is Cn1cc(NC(=O)Nc2ccc(-c3nc(N)cc(C4(S(=O)(=O)C5CC5)CCOCC4)n3)cc2)cn1. The molecule has 0 bridgehead atoms. The molecule has 12 heteroatoms. The van der Waals surface area contributed by atoms with Crippen LogP contribution >= 0.6 is 0 Å². The number of nitrogens with one attached hydrogen (secondary N) is 2. The lowest BCUT2D eigenvalue weighted by atomic mass is 9.94. The van der Waals surface area contributed by atoms with Crippen LogP contribution in [0, 0.1) is 0 Å². The Labute approximate surface area is 203 Å². The molecule has 11 nitrogen and oxygen atoms in total. The molecule has 2 fully saturated rings. The number of amides is 2. The van der Waals surface area contributed by atoms with Crippen LogP contribution in [0.15, 0.2) is 42.7 Å². The molecule has 184 valence electrons. The molecule has 1 aliphatic heterocycles. The van der Waals surface area contributed by atoms with Crippen LogP contribution in [0.1, 0.15) is 31.4 Å². The maximum atomic E-state index is 13.5. The van der Waals surface area contributed by atoms with Crippen LogP contribution < -0.4 is 16.4 Å². The smallest absolute Gasteiger partial charge is 0.323 e. The molecule has 0 spiro atoms. The van der Waals surface area contributed by atoms with E-state index in [1.54, 1.807) is 54.5 Å². The molecule has 1 aromatic carbocycles. The van der Waals surface area contributed by atoms with E-state index < -0.39 is 20.6 Å². The molecule has 2 aliphatic rings. The number of sulfone groups is 1. The molecule has 0 atom stereocenters. The van der Waals surface area contributed by atoms with E-state index in [1.165, 1.54) is 0 Å². The number of nitrogens with two attached hydrogens (primary N) is 1. The molecule has 35 heavy (non-hydrogen) atoms. The normalized spacial score (nSPS) is 17.6. The molecule has 2 aromatic heterocycles. The fourth-order valence-corrected chi connectivity index (χ4v) is 6.92. The molecule has 4 N–H and O–H groups in total. The van der Waals surface area contributed by atoms with Gasteiger partial charge in [-0.2, -0.15) is 5.10 Å². The van der Waals surface area contributed by atoms with Crippen LogP contribution in [-0.4, -0.2) is 52.7 Å². The van der Waals surface area contributed by atoms with E-state index in [1.807, 2.05) is 0 Å². The van der Waals surface area contributed by atoms with Crippen LogP contribution in [0.4, 0.5) is 22.0 Å². The van der Waals surface area contributed by atoms with E-state index in [0.29, 0.717) is 67.4 Å². The maximum Gasteiger partial charge on any atom is 0.323 e. The van der Waals surface area contributed by atoms with Crippen molar-refractivity contribution in [1.29, 1.82) is 0 Å². The topological polar surface area (TPSA) is 154 Å². The summed E-state index contributed by atoms with van der Waals surface area (Å²) in [6, 6.07) is 8.12. The fourth-order valence-electron chi connectivity index (χ4n) is 4.40. The average molecular weight is 498 g/mol. The average Bonchev–Trinajstić information content (AvgIpc) is 3.63. The van der Waals surface area contributed by atoms with E-state index >= 15 is 0 Å². The Morgan fingerprint density at radius 3 is 2.43 bits per heavy atom. The zero-order valence-electron chi connectivity index (χ0n) is 19.3. The van der Waals surface area contributed by atoms with Crippen LogP contribution in [0.5, 0.6) is 0 Å². The van der Waals surface area contributed by atoms with Crippen molar-refractivity contribution >= 4 is 33.1 Å². The van der Waals surface area contributed by atoms with Crippen molar-refractivity contribution in [3.8, 4) is 11.4 Å². The van der Waals surface area contributed by atoms with E-state index in [-0.39, 0.29) is 11.1 Å². The minimum absolute atomic E-state index is 0.208. The minimum atomic E-state index is -3.45. The van der Waals surface area contributed by atoms with Gasteiger partial charge in [-0.05, 0) is 49.9 Å². The first-order chi connectivity index (χ1) is 16.8. The maximum absolute atomic E-state index is 13.5. The summed E-state index contributed by atoms with van der Waals surface area (Å²) in [5.41, 5.74) is 8.34. The number of nitrogen functional groups attached to an aromatic ring is 1. The van der Waals surface area contributed by atoms with Crippen LogP contribution in [0.3, 0.4) is 0 Å². The molecule has 3 heterocycles. The van der Waals surface area contributed by atoms with Gasteiger partial charge in [-0.3, -0.25) is 4.68 Å². The highest BCUT2D eigenvalue weighted by Gasteiger charge is 2.54. The van der Waals surface area contributed by atoms with Gasteiger partial charge in [0.25, 0.3) is 0 Å². The fraction of sp³-hybridized carbons (Fsp3) is 0.391. The van der Waals surface area contributed by atoms with Gasteiger partial charge in [-0.25, -0.2) is 23.2 Å². The molecular formula is C23H27N7O4S. The third kappa shape index (κ3) is 4.58. The number of carbonyl (C=O) groups excluding carboxylic acids is 1. The summed E-state index contributed by atoms with van der Waals surface area (Å²) in [7, 11) is -1.69. The van der Waals surface area contributed by atoms with Gasteiger partial charge in [-0.15, -0.1) is 0 Å². The van der Waals surface area contributed by atoms with Crippen molar-refractivity contribution in [2.24, 2.45) is 7.05 Å². The first kappa shape index (κ1) is 23.2. The predicted molar refractivity (Wildman–Crippen MR) is 131 cm³/mol. The zero-order chi connectivity index (χ0) is 24.6. The van der Waals surface area contributed by atoms with Gasteiger partial charge >= 0.3 is 6.03 Å². The summed E-state index contributed by atoms with van der Waals surface area (Å²) in [5.74, 6) is 0.545. The highest BCUT2D eigenvalue weighted by Crippen LogP contribution is 2.47. The summed E-state index contributed by atoms with van der Waals surface area (Å²) in [6.45, 7) is 0.708. The Bertz CT molecular complexity index is 1340. The summed E-state index contributed by atoms with van der Waals surface area (Å²) >= 11 is 0. The minimum Gasteiger partial charge on any atom is -0.384 e. The van der Waals surface area contributed by atoms with E-state index in [9.17, 15) is 13.2 Å². The number of aromatic nitrogens is 4. The highest BCUT2D eigenvalue weighted by atomic mass is 32.2. The second-order valence-corrected chi connectivity index (χ2v) is 11.5. The predicted octanol–water partition coefficient (Wildman–Crippen LogP) is 2.69. The quantitative estimate of drug-likeness (QED) is 0.470. The third-order valence-electron chi connectivity index (χ3n) is 6.38. The number of hydrogen-bond acceptors (Lipinski definition) is 8. The van der Waals surface area contributed by atoms with Gasteiger partial charge in [0.2, 0.25) is 0 Å². The summed E-state index contributed by atoms with van der Waals surface area (Å²) in [4.78, 5) is 21.3. The Kier molecular flexibility index (Phi) is 5.93. The summed E-state index contributed by atoms with van der Waals surface area (Å²) in [5, 5.41) is 9.13. The molecule has 1 saturated carbocycles. The molecule has 0 unspecified atom stereocenters.